The number of hydrogen-bond donors (Lipinski definition) is 1. The van der Waals surface area contributed by atoms with Gasteiger partial charge in [0, 0.05) is 27.1 Å². The van der Waals surface area contributed by atoms with Crippen molar-refractivity contribution in [3.05, 3.63) is 35.4 Å². The zero-order valence-corrected chi connectivity index (χ0v) is 14.5. The molecule has 2 rings (SSSR count). The first-order chi connectivity index (χ1) is 10.5. The number of ether oxygens (including phenoxy) is 2. The Balaban J connectivity index is 2.06. The van der Waals surface area contributed by atoms with Crippen LogP contribution in [0.3, 0.4) is 0 Å². The molecule has 1 aliphatic rings. The predicted molar refractivity (Wildman–Crippen MR) is 91.0 cm³/mol. The van der Waals surface area contributed by atoms with E-state index in [1.165, 1.54) is 11.1 Å². The maximum Gasteiger partial charge on any atom is 0.167 e. The van der Waals surface area contributed by atoms with E-state index < -0.39 is 0 Å². The number of rotatable bonds is 6. The molecule has 22 heavy (non-hydrogen) atoms. The summed E-state index contributed by atoms with van der Waals surface area (Å²) in [5.41, 5.74) is 8.87. The minimum atomic E-state index is -0.378. The third kappa shape index (κ3) is 3.70. The lowest BCUT2D eigenvalue weighted by Gasteiger charge is -2.40. The summed E-state index contributed by atoms with van der Waals surface area (Å²) in [7, 11) is 3.49. The van der Waals surface area contributed by atoms with Crippen molar-refractivity contribution < 1.29 is 9.47 Å². The van der Waals surface area contributed by atoms with Gasteiger partial charge < -0.3 is 15.2 Å². The van der Waals surface area contributed by atoms with Crippen molar-refractivity contribution in [1.29, 1.82) is 0 Å². The highest BCUT2D eigenvalue weighted by molar-refractivity contribution is 5.28. The van der Waals surface area contributed by atoms with Crippen LogP contribution in [0.1, 0.15) is 62.5 Å². The van der Waals surface area contributed by atoms with Crippen LogP contribution >= 0.6 is 0 Å². The minimum absolute atomic E-state index is 0.378. The molecule has 1 fully saturated rings. The Morgan fingerprint density at radius 3 is 1.95 bits per heavy atom. The Labute approximate surface area is 135 Å². The van der Waals surface area contributed by atoms with Crippen molar-refractivity contribution in [1.82, 2.24) is 0 Å². The minimum Gasteiger partial charge on any atom is -0.353 e. The van der Waals surface area contributed by atoms with Gasteiger partial charge in [0.2, 0.25) is 0 Å². The van der Waals surface area contributed by atoms with Crippen molar-refractivity contribution in [2.45, 2.75) is 57.2 Å². The molecule has 1 aliphatic carbocycles. The van der Waals surface area contributed by atoms with Crippen LogP contribution in [0.4, 0.5) is 0 Å². The fourth-order valence-electron chi connectivity index (χ4n) is 3.70. The zero-order chi connectivity index (χ0) is 16.2. The molecule has 1 aromatic rings. The van der Waals surface area contributed by atoms with Crippen LogP contribution in [0, 0.1) is 5.92 Å². The van der Waals surface area contributed by atoms with Gasteiger partial charge in [-0.05, 0) is 48.3 Å². The van der Waals surface area contributed by atoms with Gasteiger partial charge in [0.15, 0.2) is 5.79 Å². The Bertz CT molecular complexity index is 441. The standard InChI is InChI=1S/C19H31NO2/c1-14(2)15-5-7-16(8-6-15)18(13-20)17-9-11-19(21-3,22-4)12-10-17/h5-8,14,17-18H,9-13,20H2,1-4H3. The highest BCUT2D eigenvalue weighted by Gasteiger charge is 2.37. The average Bonchev–Trinajstić information content (AvgIpc) is 2.57. The van der Waals surface area contributed by atoms with Gasteiger partial charge in [0.25, 0.3) is 0 Å². The Kier molecular flexibility index (Phi) is 6.01. The summed E-state index contributed by atoms with van der Waals surface area (Å²) >= 11 is 0. The van der Waals surface area contributed by atoms with Crippen LogP contribution in [0.25, 0.3) is 0 Å². The lowest BCUT2D eigenvalue weighted by molar-refractivity contribution is -0.228. The van der Waals surface area contributed by atoms with E-state index in [-0.39, 0.29) is 5.79 Å². The summed E-state index contributed by atoms with van der Waals surface area (Å²) in [6, 6.07) is 9.03. The van der Waals surface area contributed by atoms with E-state index in [2.05, 4.69) is 38.1 Å². The van der Waals surface area contributed by atoms with Crippen molar-refractivity contribution in [2.24, 2.45) is 11.7 Å². The Morgan fingerprint density at radius 1 is 1.05 bits per heavy atom. The van der Waals surface area contributed by atoms with Gasteiger partial charge in [-0.25, -0.2) is 0 Å². The molecule has 0 saturated heterocycles. The number of methoxy groups -OCH3 is 2. The SMILES string of the molecule is COC1(OC)CCC(C(CN)c2ccc(C(C)C)cc2)CC1. The van der Waals surface area contributed by atoms with Gasteiger partial charge in [0.1, 0.15) is 0 Å². The molecular weight excluding hydrogens is 274 g/mol. The van der Waals surface area contributed by atoms with E-state index in [0.29, 0.717) is 24.3 Å². The highest BCUT2D eigenvalue weighted by Crippen LogP contribution is 2.41. The van der Waals surface area contributed by atoms with Crippen LogP contribution in [0.15, 0.2) is 24.3 Å². The maximum absolute atomic E-state index is 6.10. The van der Waals surface area contributed by atoms with Crippen LogP contribution < -0.4 is 5.73 Å². The van der Waals surface area contributed by atoms with E-state index >= 15 is 0 Å². The Hall–Kier alpha value is -0.900. The predicted octanol–water partition coefficient (Wildman–Crippen LogP) is 4.03. The summed E-state index contributed by atoms with van der Waals surface area (Å²) in [4.78, 5) is 0. The third-order valence-corrected chi connectivity index (χ3v) is 5.39. The topological polar surface area (TPSA) is 44.5 Å². The average molecular weight is 305 g/mol. The molecule has 0 radical (unpaired) electrons. The van der Waals surface area contributed by atoms with Gasteiger partial charge in [0.05, 0.1) is 0 Å². The first kappa shape index (κ1) is 17.5. The highest BCUT2D eigenvalue weighted by atomic mass is 16.7. The molecule has 3 heteroatoms. The number of hydrogen-bond acceptors (Lipinski definition) is 3. The van der Waals surface area contributed by atoms with Crippen molar-refractivity contribution in [3.63, 3.8) is 0 Å². The number of nitrogens with two attached hydrogens (primary N) is 1. The second-order valence-corrected chi connectivity index (χ2v) is 6.82. The third-order valence-electron chi connectivity index (χ3n) is 5.39. The van der Waals surface area contributed by atoms with Gasteiger partial charge in [-0.1, -0.05) is 38.1 Å². The maximum atomic E-state index is 6.10. The molecule has 1 unspecified atom stereocenters. The van der Waals surface area contributed by atoms with Gasteiger partial charge >= 0.3 is 0 Å². The van der Waals surface area contributed by atoms with E-state index in [4.69, 9.17) is 15.2 Å². The fourth-order valence-corrected chi connectivity index (χ4v) is 3.70. The first-order valence-corrected chi connectivity index (χ1v) is 8.45. The van der Waals surface area contributed by atoms with Gasteiger partial charge in [-0.2, -0.15) is 0 Å². The summed E-state index contributed by atoms with van der Waals surface area (Å²) in [5.74, 6) is 1.25. The largest absolute Gasteiger partial charge is 0.353 e. The summed E-state index contributed by atoms with van der Waals surface area (Å²) in [6.45, 7) is 5.16. The number of benzene rings is 1. The molecular formula is C19H31NO2. The first-order valence-electron chi connectivity index (χ1n) is 8.45. The molecule has 0 aliphatic heterocycles. The molecule has 2 N–H and O–H groups in total. The van der Waals surface area contributed by atoms with Gasteiger partial charge in [-0.15, -0.1) is 0 Å². The molecule has 0 bridgehead atoms. The molecule has 0 heterocycles. The van der Waals surface area contributed by atoms with Crippen molar-refractivity contribution in [2.75, 3.05) is 20.8 Å². The quantitative estimate of drug-likeness (QED) is 0.807. The molecule has 0 amide bonds. The molecule has 3 nitrogen and oxygen atoms in total. The fraction of sp³-hybridized carbons (Fsp3) is 0.684. The van der Waals surface area contributed by atoms with E-state index in [0.717, 1.165) is 25.7 Å². The summed E-state index contributed by atoms with van der Waals surface area (Å²) < 4.78 is 11.2. The second-order valence-electron chi connectivity index (χ2n) is 6.82. The zero-order valence-electron chi connectivity index (χ0n) is 14.5. The normalized spacial score (nSPS) is 20.3. The van der Waals surface area contributed by atoms with Crippen LogP contribution in [0.2, 0.25) is 0 Å². The smallest absolute Gasteiger partial charge is 0.167 e. The molecule has 124 valence electrons. The Morgan fingerprint density at radius 2 is 1.55 bits per heavy atom. The summed E-state index contributed by atoms with van der Waals surface area (Å²) in [6.07, 6.45) is 4.11. The van der Waals surface area contributed by atoms with Crippen LogP contribution in [-0.4, -0.2) is 26.6 Å². The molecule has 1 atom stereocenters. The lowest BCUT2D eigenvalue weighted by Crippen LogP contribution is -2.39. The lowest BCUT2D eigenvalue weighted by atomic mass is 9.74. The molecule has 0 spiro atoms. The second kappa shape index (κ2) is 7.58. The summed E-state index contributed by atoms with van der Waals surface area (Å²) in [5, 5.41) is 0. The van der Waals surface area contributed by atoms with Crippen LogP contribution in [-0.2, 0) is 9.47 Å². The molecule has 1 saturated carbocycles. The van der Waals surface area contributed by atoms with Gasteiger partial charge in [-0.3, -0.25) is 0 Å². The van der Waals surface area contributed by atoms with E-state index in [1.54, 1.807) is 14.2 Å². The molecule has 0 aromatic heterocycles. The van der Waals surface area contributed by atoms with Crippen LogP contribution in [0.5, 0.6) is 0 Å². The van der Waals surface area contributed by atoms with E-state index in [1.807, 2.05) is 0 Å². The van der Waals surface area contributed by atoms with E-state index in [9.17, 15) is 0 Å². The van der Waals surface area contributed by atoms with Crippen molar-refractivity contribution >= 4 is 0 Å². The monoisotopic (exact) mass is 305 g/mol. The van der Waals surface area contributed by atoms with Crippen molar-refractivity contribution in [3.8, 4) is 0 Å². The molecule has 1 aromatic carbocycles.